The van der Waals surface area contributed by atoms with Crippen LogP contribution in [0.4, 0.5) is 17.2 Å². The van der Waals surface area contributed by atoms with Gasteiger partial charge >= 0.3 is 0 Å². The zero-order valence-electron chi connectivity index (χ0n) is 17.3. The van der Waals surface area contributed by atoms with Gasteiger partial charge in [-0.15, -0.1) is 0 Å². The quantitative estimate of drug-likeness (QED) is 0.656. The summed E-state index contributed by atoms with van der Waals surface area (Å²) in [5.41, 5.74) is 3.28. The summed E-state index contributed by atoms with van der Waals surface area (Å²) in [5, 5.41) is 2.86. The van der Waals surface area contributed by atoms with Crippen molar-refractivity contribution in [3.8, 4) is 0 Å². The molecule has 0 saturated carbocycles. The standard InChI is InChI=1S/C23H27N5O/c1-17(2)28(16-18-8-6-5-7-9-18)22-15-24-21(14-25-22)23(29)26-19-10-12-20(13-11-19)27(3)4/h5-15,17H,16H2,1-4H3,(H,26,29). The fourth-order valence-corrected chi connectivity index (χ4v) is 2.93. The largest absolute Gasteiger partial charge is 0.378 e. The van der Waals surface area contributed by atoms with Crippen LogP contribution in [0.25, 0.3) is 0 Å². The summed E-state index contributed by atoms with van der Waals surface area (Å²) in [6, 6.07) is 18.1. The predicted octanol–water partition coefficient (Wildman–Crippen LogP) is 4.21. The molecule has 3 aromatic rings. The molecule has 3 rings (SSSR count). The summed E-state index contributed by atoms with van der Waals surface area (Å²) < 4.78 is 0. The molecule has 0 saturated heterocycles. The molecule has 0 aliphatic carbocycles. The van der Waals surface area contributed by atoms with Crippen LogP contribution in [0.3, 0.4) is 0 Å². The van der Waals surface area contributed by atoms with Crippen LogP contribution in [0.15, 0.2) is 67.0 Å². The van der Waals surface area contributed by atoms with Gasteiger partial charge in [-0.05, 0) is 43.7 Å². The van der Waals surface area contributed by atoms with Gasteiger partial charge in [-0.2, -0.15) is 0 Å². The third-order valence-corrected chi connectivity index (χ3v) is 4.63. The molecule has 2 aromatic carbocycles. The maximum atomic E-state index is 12.5. The van der Waals surface area contributed by atoms with E-state index in [2.05, 4.69) is 46.2 Å². The summed E-state index contributed by atoms with van der Waals surface area (Å²) in [4.78, 5) is 25.5. The van der Waals surface area contributed by atoms with Gasteiger partial charge in [0.25, 0.3) is 5.91 Å². The molecule has 6 nitrogen and oxygen atoms in total. The van der Waals surface area contributed by atoms with E-state index in [0.29, 0.717) is 0 Å². The molecule has 0 aliphatic rings. The first kappa shape index (κ1) is 20.3. The average Bonchev–Trinajstić information content (AvgIpc) is 2.73. The van der Waals surface area contributed by atoms with E-state index >= 15 is 0 Å². The Balaban J connectivity index is 1.70. The van der Waals surface area contributed by atoms with Gasteiger partial charge in [0.05, 0.1) is 12.4 Å². The number of hydrogen-bond donors (Lipinski definition) is 1. The maximum absolute atomic E-state index is 12.5. The molecule has 0 unspecified atom stereocenters. The molecule has 150 valence electrons. The van der Waals surface area contributed by atoms with Crippen molar-refractivity contribution in [3.63, 3.8) is 0 Å². The van der Waals surface area contributed by atoms with Gasteiger partial charge in [-0.25, -0.2) is 9.97 Å². The highest BCUT2D eigenvalue weighted by atomic mass is 16.1. The van der Waals surface area contributed by atoms with Gasteiger partial charge in [-0.3, -0.25) is 4.79 Å². The van der Waals surface area contributed by atoms with Gasteiger partial charge in [0.2, 0.25) is 0 Å². The maximum Gasteiger partial charge on any atom is 0.275 e. The summed E-state index contributed by atoms with van der Waals surface area (Å²) in [7, 11) is 3.95. The fraction of sp³-hybridized carbons (Fsp3) is 0.261. The van der Waals surface area contributed by atoms with E-state index in [0.717, 1.165) is 23.7 Å². The lowest BCUT2D eigenvalue weighted by Gasteiger charge is -2.27. The minimum atomic E-state index is -0.277. The van der Waals surface area contributed by atoms with Crippen LogP contribution in [0.2, 0.25) is 0 Å². The van der Waals surface area contributed by atoms with E-state index in [1.165, 1.54) is 11.8 Å². The van der Waals surface area contributed by atoms with E-state index in [-0.39, 0.29) is 17.6 Å². The lowest BCUT2D eigenvalue weighted by molar-refractivity contribution is 0.102. The molecule has 1 aromatic heterocycles. The van der Waals surface area contributed by atoms with Crippen molar-refractivity contribution < 1.29 is 4.79 Å². The number of carbonyl (C=O) groups excluding carboxylic acids is 1. The van der Waals surface area contributed by atoms with Crippen LogP contribution in [-0.2, 0) is 6.54 Å². The molecular formula is C23H27N5O. The van der Waals surface area contributed by atoms with E-state index in [1.54, 1.807) is 6.20 Å². The van der Waals surface area contributed by atoms with Crippen LogP contribution in [-0.4, -0.2) is 36.0 Å². The van der Waals surface area contributed by atoms with Crippen LogP contribution >= 0.6 is 0 Å². The lowest BCUT2D eigenvalue weighted by atomic mass is 10.2. The number of carbonyl (C=O) groups is 1. The highest BCUT2D eigenvalue weighted by Crippen LogP contribution is 2.18. The van der Waals surface area contributed by atoms with Gasteiger partial charge in [0, 0.05) is 38.1 Å². The number of nitrogens with zero attached hydrogens (tertiary/aromatic N) is 4. The molecule has 0 fully saturated rings. The minimum absolute atomic E-state index is 0.249. The van der Waals surface area contributed by atoms with Crippen molar-refractivity contribution in [2.45, 2.75) is 26.4 Å². The van der Waals surface area contributed by atoms with Crippen molar-refractivity contribution in [1.82, 2.24) is 9.97 Å². The number of rotatable bonds is 7. The Morgan fingerprint density at radius 1 is 0.966 bits per heavy atom. The Bertz CT molecular complexity index is 922. The molecule has 1 amide bonds. The molecule has 6 heteroatoms. The van der Waals surface area contributed by atoms with Crippen LogP contribution < -0.4 is 15.1 Å². The number of nitrogens with one attached hydrogen (secondary N) is 1. The van der Waals surface area contributed by atoms with Crippen molar-refractivity contribution >= 4 is 23.1 Å². The molecule has 1 heterocycles. The first-order chi connectivity index (χ1) is 13.9. The summed E-state index contributed by atoms with van der Waals surface area (Å²) in [5.74, 6) is 0.469. The first-order valence-electron chi connectivity index (χ1n) is 9.65. The van der Waals surface area contributed by atoms with Gasteiger partial charge in [0.15, 0.2) is 0 Å². The Hall–Kier alpha value is -3.41. The highest BCUT2D eigenvalue weighted by Gasteiger charge is 2.15. The third kappa shape index (κ3) is 5.31. The lowest BCUT2D eigenvalue weighted by Crippen LogP contribution is -2.31. The van der Waals surface area contributed by atoms with Crippen molar-refractivity contribution in [2.75, 3.05) is 29.2 Å². The SMILES string of the molecule is CC(C)N(Cc1ccccc1)c1cnc(C(=O)Nc2ccc(N(C)C)cc2)cn1. The molecule has 0 atom stereocenters. The molecule has 0 radical (unpaired) electrons. The van der Waals surface area contributed by atoms with Crippen molar-refractivity contribution in [1.29, 1.82) is 0 Å². The Labute approximate surface area is 172 Å². The Morgan fingerprint density at radius 3 is 2.21 bits per heavy atom. The van der Waals surface area contributed by atoms with Gasteiger partial charge in [-0.1, -0.05) is 30.3 Å². The zero-order chi connectivity index (χ0) is 20.8. The summed E-state index contributed by atoms with van der Waals surface area (Å²) in [6.07, 6.45) is 3.19. The third-order valence-electron chi connectivity index (χ3n) is 4.63. The van der Waals surface area contributed by atoms with E-state index in [9.17, 15) is 4.79 Å². The number of amides is 1. The molecule has 0 aliphatic heterocycles. The number of aromatic nitrogens is 2. The minimum Gasteiger partial charge on any atom is -0.378 e. The zero-order valence-corrected chi connectivity index (χ0v) is 17.3. The Kier molecular flexibility index (Phi) is 6.44. The van der Waals surface area contributed by atoms with Crippen molar-refractivity contribution in [3.05, 3.63) is 78.2 Å². The summed E-state index contributed by atoms with van der Waals surface area (Å²) >= 11 is 0. The Morgan fingerprint density at radius 2 is 1.66 bits per heavy atom. The summed E-state index contributed by atoms with van der Waals surface area (Å²) in [6.45, 7) is 4.96. The molecule has 29 heavy (non-hydrogen) atoms. The second-order valence-electron chi connectivity index (χ2n) is 7.36. The smallest absolute Gasteiger partial charge is 0.275 e. The van der Waals surface area contributed by atoms with E-state index in [1.807, 2.05) is 61.5 Å². The normalized spacial score (nSPS) is 10.7. The number of anilines is 3. The molecule has 0 bridgehead atoms. The van der Waals surface area contributed by atoms with E-state index < -0.39 is 0 Å². The molecular weight excluding hydrogens is 362 g/mol. The molecule has 0 spiro atoms. The number of hydrogen-bond acceptors (Lipinski definition) is 5. The van der Waals surface area contributed by atoms with E-state index in [4.69, 9.17) is 0 Å². The average molecular weight is 390 g/mol. The molecule has 1 N–H and O–H groups in total. The predicted molar refractivity (Wildman–Crippen MR) is 119 cm³/mol. The van der Waals surface area contributed by atoms with Gasteiger partial charge < -0.3 is 15.1 Å². The van der Waals surface area contributed by atoms with Crippen LogP contribution in [0.5, 0.6) is 0 Å². The topological polar surface area (TPSA) is 61.4 Å². The van der Waals surface area contributed by atoms with Gasteiger partial charge in [0.1, 0.15) is 11.5 Å². The fourth-order valence-electron chi connectivity index (χ4n) is 2.93. The number of benzene rings is 2. The monoisotopic (exact) mass is 389 g/mol. The van der Waals surface area contributed by atoms with Crippen LogP contribution in [0.1, 0.15) is 29.9 Å². The first-order valence-corrected chi connectivity index (χ1v) is 9.65. The second-order valence-corrected chi connectivity index (χ2v) is 7.36. The van der Waals surface area contributed by atoms with Crippen molar-refractivity contribution in [2.24, 2.45) is 0 Å². The highest BCUT2D eigenvalue weighted by molar-refractivity contribution is 6.02. The second kappa shape index (κ2) is 9.19. The van der Waals surface area contributed by atoms with Crippen LogP contribution in [0, 0.1) is 0 Å².